The first-order valence-electron chi connectivity index (χ1n) is 18.6. The van der Waals surface area contributed by atoms with E-state index in [2.05, 4.69) is 84.7 Å². The molecular weight excluding hydrogens is 669 g/mol. The van der Waals surface area contributed by atoms with Crippen molar-refractivity contribution in [2.24, 2.45) is 0 Å². The van der Waals surface area contributed by atoms with Gasteiger partial charge < -0.3 is 14.8 Å². The minimum Gasteiger partial charge on any atom is -0.484 e. The summed E-state index contributed by atoms with van der Waals surface area (Å²) in [5.41, 5.74) is 5.26. The largest absolute Gasteiger partial charge is 0.484 e. The lowest BCUT2D eigenvalue weighted by atomic mass is 9.85. The van der Waals surface area contributed by atoms with Gasteiger partial charge in [-0.3, -0.25) is 19.3 Å². The number of hydrogen-bond donors (Lipinski definition) is 2. The second kappa shape index (κ2) is 14.3. The van der Waals surface area contributed by atoms with Gasteiger partial charge in [-0.2, -0.15) is 10.2 Å². The van der Waals surface area contributed by atoms with Gasteiger partial charge in [0.25, 0.3) is 0 Å². The summed E-state index contributed by atoms with van der Waals surface area (Å²) in [4.78, 5) is 16.2. The van der Waals surface area contributed by atoms with E-state index in [9.17, 15) is 4.79 Å². The molecule has 1 aliphatic carbocycles. The molecule has 2 aliphatic rings. The van der Waals surface area contributed by atoms with Crippen LogP contribution in [0.4, 0.5) is 10.6 Å². The number of anilines is 1. The smallest absolute Gasteiger partial charge is 0.320 e. The van der Waals surface area contributed by atoms with Crippen molar-refractivity contribution in [1.29, 1.82) is 0 Å². The highest BCUT2D eigenvalue weighted by Crippen LogP contribution is 2.39. The number of nitrogens with zero attached hydrogens (tertiary/aromatic N) is 8. The van der Waals surface area contributed by atoms with E-state index in [-0.39, 0.29) is 29.5 Å². The Labute approximate surface area is 309 Å². The molecule has 2 amide bonds. The number of carbonyl (C=O) groups excluding carboxylic acids is 1. The lowest BCUT2D eigenvalue weighted by Crippen LogP contribution is -2.38. The topological polar surface area (TPSA) is 129 Å². The van der Waals surface area contributed by atoms with Crippen LogP contribution >= 0.6 is 0 Å². The number of fused-ring (bicyclic) bond motifs is 3. The molecule has 1 fully saturated rings. The summed E-state index contributed by atoms with van der Waals surface area (Å²) in [5.74, 6) is 2.47. The Bertz CT molecular complexity index is 2240. The highest BCUT2D eigenvalue weighted by atomic mass is 16.5. The number of morpholine rings is 1. The molecule has 0 unspecified atom stereocenters. The van der Waals surface area contributed by atoms with Crippen molar-refractivity contribution in [3.8, 4) is 11.4 Å². The second-order valence-electron chi connectivity index (χ2n) is 15.4. The third-order valence-corrected chi connectivity index (χ3v) is 10.2. The molecule has 5 heterocycles. The monoisotopic (exact) mass is 716 g/mol. The molecule has 0 saturated carbocycles. The van der Waals surface area contributed by atoms with E-state index in [1.54, 1.807) is 0 Å². The number of benzene rings is 2. The third-order valence-electron chi connectivity index (χ3n) is 10.2. The molecule has 8 rings (SSSR count). The number of hydrogen-bond acceptors (Lipinski definition) is 8. The molecule has 0 radical (unpaired) electrons. The molecule has 13 nitrogen and oxygen atoms in total. The first-order valence-corrected chi connectivity index (χ1v) is 18.6. The summed E-state index contributed by atoms with van der Waals surface area (Å²) in [5, 5.41) is 26.0. The number of urea groups is 1. The van der Waals surface area contributed by atoms with Gasteiger partial charge in [0.05, 0.1) is 48.9 Å². The number of pyridine rings is 1. The molecule has 6 aromatic rings. The maximum atomic E-state index is 13.8. The van der Waals surface area contributed by atoms with E-state index >= 15 is 0 Å². The normalized spacial score (nSPS) is 18.1. The molecule has 0 bridgehead atoms. The van der Waals surface area contributed by atoms with Crippen LogP contribution in [0.3, 0.4) is 0 Å². The molecule has 1 aliphatic heterocycles. The number of aromatic nitrogens is 7. The quantitative estimate of drug-likeness (QED) is 0.167. The third kappa shape index (κ3) is 7.36. The Hall–Kier alpha value is -5.27. The van der Waals surface area contributed by atoms with E-state index in [0.717, 1.165) is 103 Å². The van der Waals surface area contributed by atoms with Crippen LogP contribution in [0.25, 0.3) is 22.2 Å². The maximum Gasteiger partial charge on any atom is 0.320 e. The summed E-state index contributed by atoms with van der Waals surface area (Å²) < 4.78 is 17.9. The molecule has 13 heteroatoms. The average molecular weight is 717 g/mol. The Morgan fingerprint density at radius 3 is 2.55 bits per heavy atom. The molecule has 4 aromatic heterocycles. The summed E-state index contributed by atoms with van der Waals surface area (Å²) in [6.07, 6.45) is 5.36. The molecular formula is C40H48N10O3. The van der Waals surface area contributed by atoms with E-state index in [4.69, 9.17) is 19.7 Å². The minimum absolute atomic E-state index is 0.155. The lowest BCUT2D eigenvalue weighted by Gasteiger charge is -2.32. The van der Waals surface area contributed by atoms with Gasteiger partial charge in [-0.05, 0) is 54.3 Å². The van der Waals surface area contributed by atoms with Crippen molar-refractivity contribution < 1.29 is 14.3 Å². The number of carbonyl (C=O) groups is 1. The Balaban J connectivity index is 0.989. The van der Waals surface area contributed by atoms with Crippen LogP contribution in [-0.2, 0) is 16.7 Å². The first kappa shape index (κ1) is 34.8. The van der Waals surface area contributed by atoms with E-state index in [1.807, 2.05) is 62.4 Å². The van der Waals surface area contributed by atoms with Crippen molar-refractivity contribution in [3.05, 3.63) is 95.7 Å². The molecule has 2 N–H and O–H groups in total. The fourth-order valence-electron chi connectivity index (χ4n) is 7.25. The summed E-state index contributed by atoms with van der Waals surface area (Å²) >= 11 is 0. The van der Waals surface area contributed by atoms with Gasteiger partial charge in [0.1, 0.15) is 23.5 Å². The van der Waals surface area contributed by atoms with Crippen LogP contribution in [0.5, 0.6) is 5.75 Å². The molecule has 2 atom stereocenters. The summed E-state index contributed by atoms with van der Waals surface area (Å²) in [7, 11) is 0. The van der Waals surface area contributed by atoms with Gasteiger partial charge in [-0.1, -0.05) is 58.9 Å². The van der Waals surface area contributed by atoms with E-state index < -0.39 is 0 Å². The number of ether oxygens (including phenoxy) is 2. The summed E-state index contributed by atoms with van der Waals surface area (Å²) in [6.45, 7) is 15.8. The first-order chi connectivity index (χ1) is 25.6. The van der Waals surface area contributed by atoms with Crippen LogP contribution in [0.15, 0.2) is 73.1 Å². The SMILES string of the molecule is CC(C)c1nnc2ccc(O[C@@H]3CC[C@H](NC(=O)Nc4cc(C(C)(C)C)nn4-c4ccc5cn(CCN6CCOCC6)nc5c4)c4ccccc43)cn12. The molecule has 2 aromatic carbocycles. The van der Waals surface area contributed by atoms with Crippen molar-refractivity contribution in [3.63, 3.8) is 0 Å². The fourth-order valence-corrected chi connectivity index (χ4v) is 7.25. The van der Waals surface area contributed by atoms with Crippen LogP contribution in [0, 0.1) is 0 Å². The van der Waals surface area contributed by atoms with Crippen molar-refractivity contribution in [2.45, 2.75) is 77.5 Å². The fraction of sp³-hybridized carbons (Fsp3) is 0.425. The lowest BCUT2D eigenvalue weighted by molar-refractivity contribution is 0.0360. The second-order valence-corrected chi connectivity index (χ2v) is 15.4. The molecule has 276 valence electrons. The van der Waals surface area contributed by atoms with Gasteiger partial charge in [-0.25, -0.2) is 9.48 Å². The minimum atomic E-state index is -0.293. The zero-order valence-electron chi connectivity index (χ0n) is 31.1. The van der Waals surface area contributed by atoms with Crippen LogP contribution in [0.1, 0.15) is 88.2 Å². The van der Waals surface area contributed by atoms with Crippen LogP contribution in [0.2, 0.25) is 0 Å². The van der Waals surface area contributed by atoms with Gasteiger partial charge in [0.2, 0.25) is 0 Å². The van der Waals surface area contributed by atoms with Crippen molar-refractivity contribution >= 4 is 28.4 Å². The van der Waals surface area contributed by atoms with Crippen molar-refractivity contribution in [2.75, 3.05) is 38.2 Å². The van der Waals surface area contributed by atoms with Gasteiger partial charge in [-0.15, -0.1) is 10.2 Å². The predicted octanol–water partition coefficient (Wildman–Crippen LogP) is 6.79. The Kier molecular flexibility index (Phi) is 9.37. The number of amides is 2. The standard InChI is InChI=1S/C40H48N10O3/c1-26(2)38-44-43-36-15-12-29(25-49(36)38)53-34-14-13-32(30-8-6-7-9-31(30)34)41-39(51)42-37-23-35(40(3,4)5)46-50(37)28-11-10-27-24-48(45-33(27)22-28)17-16-47-18-20-52-21-19-47/h6-12,15,22-26,32,34H,13-14,16-21H2,1-5H3,(H2,41,42,51)/t32-,34+/m0/s1. The van der Waals surface area contributed by atoms with Crippen LogP contribution < -0.4 is 15.4 Å². The zero-order chi connectivity index (χ0) is 36.7. The van der Waals surface area contributed by atoms with Crippen molar-refractivity contribution in [1.82, 2.24) is 44.4 Å². The van der Waals surface area contributed by atoms with Gasteiger partial charge in [0, 0.05) is 48.6 Å². The van der Waals surface area contributed by atoms with E-state index in [1.165, 1.54) is 0 Å². The van der Waals surface area contributed by atoms with Gasteiger partial charge in [0.15, 0.2) is 5.65 Å². The highest BCUT2D eigenvalue weighted by Gasteiger charge is 2.30. The maximum absolute atomic E-state index is 13.8. The molecule has 1 saturated heterocycles. The molecule has 0 spiro atoms. The highest BCUT2D eigenvalue weighted by molar-refractivity contribution is 5.89. The van der Waals surface area contributed by atoms with Crippen LogP contribution in [-0.4, -0.2) is 77.9 Å². The van der Waals surface area contributed by atoms with E-state index in [0.29, 0.717) is 5.82 Å². The number of nitrogens with one attached hydrogen (secondary N) is 2. The van der Waals surface area contributed by atoms with Gasteiger partial charge >= 0.3 is 6.03 Å². The Morgan fingerprint density at radius 2 is 1.75 bits per heavy atom. The predicted molar refractivity (Wildman–Crippen MR) is 204 cm³/mol. The Morgan fingerprint density at radius 1 is 0.943 bits per heavy atom. The summed E-state index contributed by atoms with van der Waals surface area (Å²) in [6, 6.07) is 19.7. The number of rotatable bonds is 9. The average Bonchev–Trinajstić information content (AvgIpc) is 3.88. The molecule has 53 heavy (non-hydrogen) atoms. The zero-order valence-corrected chi connectivity index (χ0v) is 31.1.